The second-order valence-electron chi connectivity index (χ2n) is 5.39. The summed E-state index contributed by atoms with van der Waals surface area (Å²) < 4.78 is 22.4. The molecule has 120 valence electrons. The summed E-state index contributed by atoms with van der Waals surface area (Å²) in [6, 6.07) is 6.51. The van der Waals surface area contributed by atoms with Gasteiger partial charge in [-0.05, 0) is 30.5 Å². The van der Waals surface area contributed by atoms with Crippen molar-refractivity contribution in [2.45, 2.75) is 50.7 Å². The number of benzene rings is 1. The molecule has 0 amide bonds. The average Bonchev–Trinajstić information content (AvgIpc) is 2.45. The molecule has 2 atom stereocenters. The molecule has 21 heavy (non-hydrogen) atoms. The van der Waals surface area contributed by atoms with Gasteiger partial charge in [-0.25, -0.2) is 13.6 Å². The Morgan fingerprint density at radius 1 is 1.19 bits per heavy atom. The molecule has 0 spiro atoms. The molecule has 0 saturated carbocycles. The molecule has 0 radical (unpaired) electrons. The van der Waals surface area contributed by atoms with Gasteiger partial charge in [0.1, 0.15) is 0 Å². The lowest BCUT2D eigenvalue weighted by atomic mass is 9.96. The van der Waals surface area contributed by atoms with E-state index in [-0.39, 0.29) is 17.0 Å². The van der Waals surface area contributed by atoms with Crippen LogP contribution in [0.3, 0.4) is 0 Å². The van der Waals surface area contributed by atoms with Crippen molar-refractivity contribution in [1.82, 2.24) is 5.32 Å². The maximum atomic E-state index is 11.2. The predicted molar refractivity (Wildman–Crippen MR) is 84.3 cm³/mol. The molecule has 0 aliphatic carbocycles. The molecule has 0 bridgehead atoms. The van der Waals surface area contributed by atoms with Gasteiger partial charge in [0.2, 0.25) is 10.0 Å². The zero-order valence-corrected chi connectivity index (χ0v) is 13.7. The maximum Gasteiger partial charge on any atom is 0.238 e. The number of primary sulfonamides is 1. The minimum Gasteiger partial charge on any atom is -0.392 e. The second kappa shape index (κ2) is 7.89. The highest BCUT2D eigenvalue weighted by molar-refractivity contribution is 7.89. The number of rotatable bonds is 8. The topological polar surface area (TPSA) is 92.4 Å². The number of nitrogens with one attached hydrogen (secondary N) is 1. The van der Waals surface area contributed by atoms with Gasteiger partial charge in [0.15, 0.2) is 0 Å². The minimum absolute atomic E-state index is 0.0311. The van der Waals surface area contributed by atoms with Crippen molar-refractivity contribution in [3.8, 4) is 0 Å². The van der Waals surface area contributed by atoms with Gasteiger partial charge in [-0.3, -0.25) is 0 Å². The summed E-state index contributed by atoms with van der Waals surface area (Å²) in [6.07, 6.45) is 1.54. The zero-order chi connectivity index (χ0) is 16.0. The molecule has 0 aliphatic heterocycles. The van der Waals surface area contributed by atoms with Crippen LogP contribution in [0.1, 0.15) is 45.2 Å². The van der Waals surface area contributed by atoms with Crippen molar-refractivity contribution in [2.24, 2.45) is 11.1 Å². The first-order valence-corrected chi connectivity index (χ1v) is 8.88. The van der Waals surface area contributed by atoms with Crippen molar-refractivity contribution in [1.29, 1.82) is 0 Å². The summed E-state index contributed by atoms with van der Waals surface area (Å²) >= 11 is 0. The summed E-state index contributed by atoms with van der Waals surface area (Å²) in [7, 11) is -3.65. The maximum absolute atomic E-state index is 11.2. The Hall–Kier alpha value is -0.950. The molecule has 0 aromatic heterocycles. The molecular weight excluding hydrogens is 288 g/mol. The van der Waals surface area contributed by atoms with Crippen LogP contribution in [0.5, 0.6) is 0 Å². The number of aliphatic hydroxyl groups is 1. The van der Waals surface area contributed by atoms with Crippen LogP contribution in [-0.4, -0.2) is 26.2 Å². The first-order valence-electron chi connectivity index (χ1n) is 7.33. The summed E-state index contributed by atoms with van der Waals surface area (Å²) in [5.41, 5.74) is 0.958. The van der Waals surface area contributed by atoms with Crippen LogP contribution >= 0.6 is 0 Å². The fraction of sp³-hybridized carbons (Fsp3) is 0.600. The zero-order valence-electron chi connectivity index (χ0n) is 12.9. The third-order valence-corrected chi connectivity index (χ3v) is 4.86. The molecule has 1 rings (SSSR count). The van der Waals surface area contributed by atoms with Crippen LogP contribution in [-0.2, 0) is 10.0 Å². The molecule has 4 N–H and O–H groups in total. The molecule has 0 aliphatic rings. The van der Waals surface area contributed by atoms with Gasteiger partial charge >= 0.3 is 0 Å². The van der Waals surface area contributed by atoms with E-state index in [4.69, 9.17) is 5.14 Å². The van der Waals surface area contributed by atoms with Crippen LogP contribution in [0.2, 0.25) is 0 Å². The molecule has 0 heterocycles. The third-order valence-electron chi connectivity index (χ3n) is 3.93. The standard InChI is InChI=1S/C15H26N2O3S/c1-4-12(5-2)15(18)10-17-11(3)13-6-8-14(9-7-13)21(16,19)20/h6-9,11-12,15,17-18H,4-5,10H2,1-3H3,(H2,16,19,20). The normalized spacial score (nSPS) is 15.1. The van der Waals surface area contributed by atoms with E-state index < -0.39 is 10.0 Å². The molecule has 1 aromatic rings. The highest BCUT2D eigenvalue weighted by Crippen LogP contribution is 2.17. The van der Waals surface area contributed by atoms with E-state index in [1.807, 2.05) is 6.92 Å². The minimum atomic E-state index is -3.65. The summed E-state index contributed by atoms with van der Waals surface area (Å²) in [5, 5.41) is 18.4. The number of hydrogen-bond donors (Lipinski definition) is 3. The second-order valence-corrected chi connectivity index (χ2v) is 6.95. The molecule has 1 aromatic carbocycles. The fourth-order valence-corrected chi connectivity index (χ4v) is 2.88. The van der Waals surface area contributed by atoms with Gasteiger partial charge in [-0.1, -0.05) is 38.8 Å². The van der Waals surface area contributed by atoms with Crippen molar-refractivity contribution in [2.75, 3.05) is 6.54 Å². The number of aliphatic hydroxyl groups excluding tert-OH is 1. The molecule has 5 nitrogen and oxygen atoms in total. The Balaban J connectivity index is 2.62. The van der Waals surface area contributed by atoms with E-state index in [1.54, 1.807) is 12.1 Å². The van der Waals surface area contributed by atoms with Crippen molar-refractivity contribution >= 4 is 10.0 Å². The van der Waals surface area contributed by atoms with Gasteiger partial charge in [0.05, 0.1) is 11.0 Å². The van der Waals surface area contributed by atoms with E-state index in [1.165, 1.54) is 12.1 Å². The summed E-state index contributed by atoms with van der Waals surface area (Å²) in [6.45, 7) is 6.65. The third kappa shape index (κ3) is 5.39. The quantitative estimate of drug-likeness (QED) is 0.682. The Bertz CT molecular complexity index is 524. The van der Waals surface area contributed by atoms with Crippen LogP contribution in [0.25, 0.3) is 0 Å². The predicted octanol–water partition coefficient (Wildman–Crippen LogP) is 1.78. The molecular formula is C15H26N2O3S. The summed E-state index contributed by atoms with van der Waals surface area (Å²) in [5.74, 6) is 0.300. The lowest BCUT2D eigenvalue weighted by molar-refractivity contribution is 0.0989. The average molecular weight is 314 g/mol. The number of sulfonamides is 1. The molecule has 6 heteroatoms. The SMILES string of the molecule is CCC(CC)C(O)CNC(C)c1ccc(S(N)(=O)=O)cc1. The first kappa shape index (κ1) is 18.1. The molecule has 0 saturated heterocycles. The Morgan fingerprint density at radius 3 is 2.14 bits per heavy atom. The van der Waals surface area contributed by atoms with Crippen molar-refractivity contribution in [3.05, 3.63) is 29.8 Å². The van der Waals surface area contributed by atoms with E-state index in [2.05, 4.69) is 19.2 Å². The smallest absolute Gasteiger partial charge is 0.238 e. The van der Waals surface area contributed by atoms with Gasteiger partial charge in [-0.15, -0.1) is 0 Å². The van der Waals surface area contributed by atoms with Crippen LogP contribution in [0.15, 0.2) is 29.2 Å². The van der Waals surface area contributed by atoms with Gasteiger partial charge < -0.3 is 10.4 Å². The van der Waals surface area contributed by atoms with Gasteiger partial charge in [-0.2, -0.15) is 0 Å². The lowest BCUT2D eigenvalue weighted by Gasteiger charge is -2.23. The van der Waals surface area contributed by atoms with Crippen LogP contribution in [0, 0.1) is 5.92 Å². The van der Waals surface area contributed by atoms with E-state index in [0.717, 1.165) is 18.4 Å². The highest BCUT2D eigenvalue weighted by atomic mass is 32.2. The van der Waals surface area contributed by atoms with Gasteiger partial charge in [0, 0.05) is 12.6 Å². The van der Waals surface area contributed by atoms with Crippen LogP contribution < -0.4 is 10.5 Å². The first-order chi connectivity index (χ1) is 9.79. The van der Waals surface area contributed by atoms with Crippen LogP contribution in [0.4, 0.5) is 0 Å². The highest BCUT2D eigenvalue weighted by Gasteiger charge is 2.16. The molecule has 2 unspecified atom stereocenters. The number of hydrogen-bond acceptors (Lipinski definition) is 4. The van der Waals surface area contributed by atoms with Crippen molar-refractivity contribution < 1.29 is 13.5 Å². The summed E-state index contributed by atoms with van der Waals surface area (Å²) in [4.78, 5) is 0.107. The number of nitrogens with two attached hydrogens (primary N) is 1. The lowest BCUT2D eigenvalue weighted by Crippen LogP contribution is -2.33. The van der Waals surface area contributed by atoms with E-state index >= 15 is 0 Å². The molecule has 0 fully saturated rings. The largest absolute Gasteiger partial charge is 0.392 e. The van der Waals surface area contributed by atoms with Crippen molar-refractivity contribution in [3.63, 3.8) is 0 Å². The Kier molecular flexibility index (Phi) is 6.80. The fourth-order valence-electron chi connectivity index (χ4n) is 2.36. The van der Waals surface area contributed by atoms with Gasteiger partial charge in [0.25, 0.3) is 0 Å². The Morgan fingerprint density at radius 2 is 1.71 bits per heavy atom. The van der Waals surface area contributed by atoms with E-state index in [9.17, 15) is 13.5 Å². The van der Waals surface area contributed by atoms with E-state index in [0.29, 0.717) is 12.5 Å². The Labute approximate surface area is 127 Å². The monoisotopic (exact) mass is 314 g/mol.